The first-order valence-corrected chi connectivity index (χ1v) is 8.52. The normalized spacial score (nSPS) is 21.9. The molecule has 0 N–H and O–H groups in total. The SMILES string of the molecule is CC(C)C(=O)N1CCC2(CCCN2Cc2ccn(C)n2)CC1. The average molecular weight is 304 g/mol. The Morgan fingerprint density at radius 3 is 2.59 bits per heavy atom. The zero-order valence-electron chi connectivity index (χ0n) is 14.1. The molecule has 2 aliphatic rings. The van der Waals surface area contributed by atoms with Crippen LogP contribution < -0.4 is 0 Å². The molecule has 1 aromatic heterocycles. The van der Waals surface area contributed by atoms with E-state index in [9.17, 15) is 4.79 Å². The van der Waals surface area contributed by atoms with Gasteiger partial charge in [-0.25, -0.2) is 0 Å². The monoisotopic (exact) mass is 304 g/mol. The summed E-state index contributed by atoms with van der Waals surface area (Å²) in [5.41, 5.74) is 1.45. The zero-order chi connectivity index (χ0) is 15.7. The second-order valence-corrected chi connectivity index (χ2v) is 7.21. The highest BCUT2D eigenvalue weighted by molar-refractivity contribution is 5.78. The fraction of sp³-hybridized carbons (Fsp3) is 0.765. The minimum Gasteiger partial charge on any atom is -0.342 e. The largest absolute Gasteiger partial charge is 0.342 e. The maximum Gasteiger partial charge on any atom is 0.225 e. The van der Waals surface area contributed by atoms with E-state index in [0.29, 0.717) is 11.4 Å². The molecule has 0 atom stereocenters. The fourth-order valence-electron chi connectivity index (χ4n) is 4.06. The number of aryl methyl sites for hydroxylation is 1. The zero-order valence-corrected chi connectivity index (χ0v) is 14.1. The van der Waals surface area contributed by atoms with Crippen molar-refractivity contribution in [1.29, 1.82) is 0 Å². The fourth-order valence-corrected chi connectivity index (χ4v) is 4.06. The number of amides is 1. The van der Waals surface area contributed by atoms with Crippen LogP contribution in [0.2, 0.25) is 0 Å². The highest BCUT2D eigenvalue weighted by atomic mass is 16.2. The molecule has 2 fully saturated rings. The molecule has 0 unspecified atom stereocenters. The third kappa shape index (κ3) is 2.91. The van der Waals surface area contributed by atoms with Gasteiger partial charge in [0.05, 0.1) is 5.69 Å². The van der Waals surface area contributed by atoms with Crippen LogP contribution >= 0.6 is 0 Å². The molecule has 122 valence electrons. The lowest BCUT2D eigenvalue weighted by Gasteiger charge is -2.45. The quantitative estimate of drug-likeness (QED) is 0.858. The third-order valence-corrected chi connectivity index (χ3v) is 5.36. The van der Waals surface area contributed by atoms with E-state index in [-0.39, 0.29) is 5.92 Å². The molecule has 0 aliphatic carbocycles. The van der Waals surface area contributed by atoms with E-state index < -0.39 is 0 Å². The molecule has 5 nitrogen and oxygen atoms in total. The average Bonchev–Trinajstić information content (AvgIpc) is 3.07. The Labute approximate surface area is 133 Å². The van der Waals surface area contributed by atoms with Gasteiger partial charge in [-0.15, -0.1) is 0 Å². The number of carbonyl (C=O) groups is 1. The van der Waals surface area contributed by atoms with Crippen LogP contribution in [-0.4, -0.2) is 50.7 Å². The Kier molecular flexibility index (Phi) is 4.26. The summed E-state index contributed by atoms with van der Waals surface area (Å²) in [6.07, 6.45) is 6.77. The van der Waals surface area contributed by atoms with Crippen LogP contribution in [0.3, 0.4) is 0 Å². The van der Waals surface area contributed by atoms with Gasteiger partial charge in [0.1, 0.15) is 0 Å². The number of hydrogen-bond donors (Lipinski definition) is 0. The summed E-state index contributed by atoms with van der Waals surface area (Å²) < 4.78 is 1.88. The number of likely N-dealkylation sites (tertiary alicyclic amines) is 2. The first-order valence-electron chi connectivity index (χ1n) is 8.52. The van der Waals surface area contributed by atoms with Crippen molar-refractivity contribution < 1.29 is 4.79 Å². The second kappa shape index (κ2) is 6.03. The van der Waals surface area contributed by atoms with E-state index in [0.717, 1.165) is 44.7 Å². The topological polar surface area (TPSA) is 41.4 Å². The van der Waals surface area contributed by atoms with E-state index in [4.69, 9.17) is 0 Å². The molecule has 2 saturated heterocycles. The van der Waals surface area contributed by atoms with Crippen LogP contribution in [0.15, 0.2) is 12.3 Å². The van der Waals surface area contributed by atoms with Crippen molar-refractivity contribution in [3.8, 4) is 0 Å². The maximum absolute atomic E-state index is 12.2. The smallest absolute Gasteiger partial charge is 0.225 e. The molecule has 1 spiro atoms. The van der Waals surface area contributed by atoms with Gasteiger partial charge in [0.15, 0.2) is 0 Å². The summed E-state index contributed by atoms with van der Waals surface area (Å²) in [6, 6.07) is 2.11. The van der Waals surface area contributed by atoms with Crippen molar-refractivity contribution in [1.82, 2.24) is 19.6 Å². The van der Waals surface area contributed by atoms with Crippen molar-refractivity contribution >= 4 is 5.91 Å². The predicted octanol–water partition coefficient (Wildman–Crippen LogP) is 2.03. The Hall–Kier alpha value is -1.36. The molecule has 1 aromatic rings. The van der Waals surface area contributed by atoms with Crippen molar-refractivity contribution in [2.45, 2.75) is 51.6 Å². The molecule has 3 heterocycles. The van der Waals surface area contributed by atoms with Gasteiger partial charge >= 0.3 is 0 Å². The molecule has 0 bridgehead atoms. The highest BCUT2D eigenvalue weighted by Crippen LogP contribution is 2.39. The maximum atomic E-state index is 12.2. The lowest BCUT2D eigenvalue weighted by Crippen LogP contribution is -2.53. The molecule has 1 amide bonds. The Morgan fingerprint density at radius 1 is 1.27 bits per heavy atom. The number of rotatable bonds is 3. The van der Waals surface area contributed by atoms with Gasteiger partial charge in [-0.3, -0.25) is 14.4 Å². The highest BCUT2D eigenvalue weighted by Gasteiger charge is 2.43. The van der Waals surface area contributed by atoms with E-state index in [1.165, 1.54) is 12.8 Å². The Balaban J connectivity index is 1.64. The van der Waals surface area contributed by atoms with Crippen LogP contribution in [-0.2, 0) is 18.4 Å². The minimum absolute atomic E-state index is 0.113. The lowest BCUT2D eigenvalue weighted by molar-refractivity contribution is -0.137. The van der Waals surface area contributed by atoms with Gasteiger partial charge in [0, 0.05) is 44.3 Å². The van der Waals surface area contributed by atoms with Crippen molar-refractivity contribution in [3.63, 3.8) is 0 Å². The summed E-state index contributed by atoms with van der Waals surface area (Å²) in [5, 5.41) is 4.53. The molecule has 0 aromatic carbocycles. The summed E-state index contributed by atoms with van der Waals surface area (Å²) in [4.78, 5) is 16.9. The number of nitrogens with zero attached hydrogens (tertiary/aromatic N) is 4. The predicted molar refractivity (Wildman–Crippen MR) is 86.2 cm³/mol. The van der Waals surface area contributed by atoms with Crippen molar-refractivity contribution in [2.24, 2.45) is 13.0 Å². The van der Waals surface area contributed by atoms with Crippen molar-refractivity contribution in [2.75, 3.05) is 19.6 Å². The molecule has 5 heteroatoms. The van der Waals surface area contributed by atoms with E-state index >= 15 is 0 Å². The lowest BCUT2D eigenvalue weighted by atomic mass is 9.84. The van der Waals surface area contributed by atoms with Gasteiger partial charge in [-0.1, -0.05) is 13.8 Å². The summed E-state index contributed by atoms with van der Waals surface area (Å²) >= 11 is 0. The molecule has 0 radical (unpaired) electrons. The summed E-state index contributed by atoms with van der Waals surface area (Å²) in [5.74, 6) is 0.423. The minimum atomic E-state index is 0.113. The van der Waals surface area contributed by atoms with E-state index in [2.05, 4.69) is 21.0 Å². The summed E-state index contributed by atoms with van der Waals surface area (Å²) in [7, 11) is 1.97. The molecule has 3 rings (SSSR count). The molecular formula is C17H28N4O. The molecule has 22 heavy (non-hydrogen) atoms. The van der Waals surface area contributed by atoms with Crippen LogP contribution in [0, 0.1) is 5.92 Å². The number of hydrogen-bond acceptors (Lipinski definition) is 3. The van der Waals surface area contributed by atoms with E-state index in [1.807, 2.05) is 31.8 Å². The van der Waals surface area contributed by atoms with Gasteiger partial charge in [0.25, 0.3) is 0 Å². The number of aromatic nitrogens is 2. The Bertz CT molecular complexity index is 529. The van der Waals surface area contributed by atoms with Gasteiger partial charge in [0.2, 0.25) is 5.91 Å². The van der Waals surface area contributed by atoms with Crippen LogP contribution in [0.4, 0.5) is 0 Å². The van der Waals surface area contributed by atoms with Crippen LogP contribution in [0.5, 0.6) is 0 Å². The van der Waals surface area contributed by atoms with Gasteiger partial charge < -0.3 is 4.90 Å². The molecule has 2 aliphatic heterocycles. The Morgan fingerprint density at radius 2 is 2.00 bits per heavy atom. The molecule has 0 saturated carbocycles. The standard InChI is InChI=1S/C17H28N4O/c1-14(2)16(22)20-11-7-17(8-12-20)6-4-9-21(17)13-15-5-10-19(3)18-15/h5,10,14H,4,6-9,11-13H2,1-3H3. The van der Waals surface area contributed by atoms with Crippen LogP contribution in [0.1, 0.15) is 45.2 Å². The second-order valence-electron chi connectivity index (χ2n) is 7.21. The van der Waals surface area contributed by atoms with Crippen molar-refractivity contribution in [3.05, 3.63) is 18.0 Å². The first-order chi connectivity index (χ1) is 10.5. The van der Waals surface area contributed by atoms with Gasteiger partial charge in [-0.2, -0.15) is 5.10 Å². The number of piperidine rings is 1. The van der Waals surface area contributed by atoms with Gasteiger partial charge in [-0.05, 0) is 38.3 Å². The third-order valence-electron chi connectivity index (χ3n) is 5.36. The van der Waals surface area contributed by atoms with E-state index in [1.54, 1.807) is 0 Å². The molecular weight excluding hydrogens is 276 g/mol. The first kappa shape index (κ1) is 15.5. The summed E-state index contributed by atoms with van der Waals surface area (Å²) in [6.45, 7) is 7.92. The number of carbonyl (C=O) groups excluding carboxylic acids is 1. The van der Waals surface area contributed by atoms with Crippen LogP contribution in [0.25, 0.3) is 0 Å².